The van der Waals surface area contributed by atoms with Crippen LogP contribution in [0.1, 0.15) is 43.5 Å². The standard InChI is InChI=1S/C21H21BrN8O2/c1-2-3-4-10-29-19-14(11-15(22)24-19)20(31)30-16(26-27-21(29)30)7-8-17-25-18(28-32-17)13-6-5-9-23-12-13/h5-6,9,12H,2-4,7-8,10-11H2,1H3. The Morgan fingerprint density at radius 3 is 2.94 bits per heavy atom. The van der Waals surface area contributed by atoms with Gasteiger partial charge in [0.05, 0.1) is 10.2 Å². The van der Waals surface area contributed by atoms with Gasteiger partial charge in [-0.3, -0.25) is 14.3 Å². The Hall–Kier alpha value is -3.21. The van der Waals surface area contributed by atoms with Gasteiger partial charge in [0.25, 0.3) is 5.56 Å². The van der Waals surface area contributed by atoms with E-state index in [9.17, 15) is 4.79 Å². The zero-order valence-corrected chi connectivity index (χ0v) is 19.1. The van der Waals surface area contributed by atoms with Crippen LogP contribution in [0.3, 0.4) is 0 Å². The lowest BCUT2D eigenvalue weighted by atomic mass is 10.2. The van der Waals surface area contributed by atoms with Crippen molar-refractivity contribution in [2.24, 2.45) is 4.99 Å². The molecule has 4 aromatic heterocycles. The fraction of sp³-hybridized carbons (Fsp3) is 0.381. The monoisotopic (exact) mass is 496 g/mol. The van der Waals surface area contributed by atoms with Gasteiger partial charge in [-0.25, -0.2) is 9.39 Å². The zero-order chi connectivity index (χ0) is 22.1. The van der Waals surface area contributed by atoms with Gasteiger partial charge in [0.1, 0.15) is 11.6 Å². The lowest BCUT2D eigenvalue weighted by Crippen LogP contribution is -2.24. The maximum Gasteiger partial charge on any atom is 0.266 e. The average Bonchev–Trinajstić information content (AvgIpc) is 3.53. The van der Waals surface area contributed by atoms with Crippen LogP contribution in [0.2, 0.25) is 0 Å². The van der Waals surface area contributed by atoms with E-state index >= 15 is 0 Å². The summed E-state index contributed by atoms with van der Waals surface area (Å²) in [7, 11) is 0. The molecule has 32 heavy (non-hydrogen) atoms. The predicted octanol–water partition coefficient (Wildman–Crippen LogP) is 3.29. The second-order valence-corrected chi connectivity index (χ2v) is 8.55. The summed E-state index contributed by atoms with van der Waals surface area (Å²) in [6.07, 6.45) is 7.92. The first-order chi connectivity index (χ1) is 15.7. The highest BCUT2D eigenvalue weighted by Gasteiger charge is 2.25. The van der Waals surface area contributed by atoms with Crippen molar-refractivity contribution in [2.75, 3.05) is 0 Å². The Bertz CT molecular complexity index is 1360. The minimum Gasteiger partial charge on any atom is -0.339 e. The van der Waals surface area contributed by atoms with Gasteiger partial charge in [-0.1, -0.05) is 24.9 Å². The Balaban J connectivity index is 1.45. The van der Waals surface area contributed by atoms with Crippen molar-refractivity contribution in [3.05, 3.63) is 52.2 Å². The van der Waals surface area contributed by atoms with Crippen molar-refractivity contribution in [1.82, 2.24) is 34.3 Å². The van der Waals surface area contributed by atoms with E-state index in [1.54, 1.807) is 16.8 Å². The third-order valence-corrected chi connectivity index (χ3v) is 5.88. The number of aryl methyl sites for hydroxylation is 3. The molecule has 1 aliphatic heterocycles. The van der Waals surface area contributed by atoms with Crippen LogP contribution in [0, 0.1) is 0 Å². The molecule has 164 valence electrons. The number of aromatic nitrogens is 7. The van der Waals surface area contributed by atoms with Gasteiger partial charge in [-0.05, 0) is 34.5 Å². The molecule has 0 amide bonds. The first-order valence-corrected chi connectivity index (χ1v) is 11.4. The van der Waals surface area contributed by atoms with Crippen LogP contribution >= 0.6 is 15.9 Å². The fourth-order valence-corrected chi connectivity index (χ4v) is 4.28. The van der Waals surface area contributed by atoms with Crippen LogP contribution in [-0.2, 0) is 25.8 Å². The average molecular weight is 497 g/mol. The molecular weight excluding hydrogens is 476 g/mol. The largest absolute Gasteiger partial charge is 0.339 e. The molecule has 0 fully saturated rings. The van der Waals surface area contributed by atoms with Crippen LogP contribution in [-0.4, -0.2) is 38.9 Å². The van der Waals surface area contributed by atoms with Crippen LogP contribution in [0.4, 0.5) is 5.82 Å². The second-order valence-electron chi connectivity index (χ2n) is 7.64. The van der Waals surface area contributed by atoms with Crippen molar-refractivity contribution >= 4 is 32.1 Å². The van der Waals surface area contributed by atoms with Crippen LogP contribution in [0.25, 0.3) is 17.2 Å². The van der Waals surface area contributed by atoms with E-state index < -0.39 is 0 Å². The molecule has 11 heteroatoms. The number of hydrogen-bond acceptors (Lipinski definition) is 8. The molecule has 0 aliphatic carbocycles. The summed E-state index contributed by atoms with van der Waals surface area (Å²) in [6, 6.07) is 3.69. The molecule has 0 atom stereocenters. The highest BCUT2D eigenvalue weighted by molar-refractivity contribution is 9.18. The van der Waals surface area contributed by atoms with E-state index in [1.165, 1.54) is 0 Å². The zero-order valence-electron chi connectivity index (χ0n) is 17.5. The lowest BCUT2D eigenvalue weighted by molar-refractivity contribution is 0.378. The Kier molecular flexibility index (Phi) is 5.64. The summed E-state index contributed by atoms with van der Waals surface area (Å²) in [5, 5.41) is 12.7. The molecule has 0 saturated heterocycles. The van der Waals surface area contributed by atoms with Crippen molar-refractivity contribution in [2.45, 2.75) is 52.0 Å². The maximum atomic E-state index is 13.2. The van der Waals surface area contributed by atoms with E-state index in [-0.39, 0.29) is 5.56 Å². The van der Waals surface area contributed by atoms with Crippen LogP contribution in [0.5, 0.6) is 0 Å². The molecule has 5 rings (SSSR count). The number of halogens is 1. The fourth-order valence-electron chi connectivity index (χ4n) is 3.84. The highest BCUT2D eigenvalue weighted by atomic mass is 79.9. The summed E-state index contributed by atoms with van der Waals surface area (Å²) in [5.41, 5.74) is 1.33. The normalized spacial score (nSPS) is 13.0. The summed E-state index contributed by atoms with van der Waals surface area (Å²) in [4.78, 5) is 26.3. The summed E-state index contributed by atoms with van der Waals surface area (Å²) in [6.45, 7) is 2.90. The summed E-state index contributed by atoms with van der Waals surface area (Å²) in [5.74, 6) is 2.73. The molecule has 4 aromatic rings. The smallest absolute Gasteiger partial charge is 0.266 e. The van der Waals surface area contributed by atoms with E-state index in [1.807, 2.05) is 16.7 Å². The van der Waals surface area contributed by atoms with Gasteiger partial charge in [0.2, 0.25) is 17.5 Å². The SMILES string of the molecule is CCCCCn1c2c(c(=O)n3c(CCc4nc(-c5cccnc5)no4)nnc13)CC(Br)=N2. The van der Waals surface area contributed by atoms with Crippen molar-refractivity contribution in [3.8, 4) is 11.4 Å². The molecule has 0 unspecified atom stereocenters. The lowest BCUT2D eigenvalue weighted by Gasteiger charge is -2.12. The quantitative estimate of drug-likeness (QED) is 0.343. The number of hydrogen-bond donors (Lipinski definition) is 0. The van der Waals surface area contributed by atoms with Crippen molar-refractivity contribution in [1.29, 1.82) is 0 Å². The third-order valence-electron chi connectivity index (χ3n) is 5.43. The van der Waals surface area contributed by atoms with E-state index in [4.69, 9.17) is 4.52 Å². The van der Waals surface area contributed by atoms with E-state index in [0.717, 1.165) is 36.0 Å². The topological polar surface area (TPSA) is 116 Å². The third kappa shape index (κ3) is 3.77. The number of pyridine rings is 1. The Labute approximate surface area is 191 Å². The summed E-state index contributed by atoms with van der Waals surface area (Å²) < 4.78 is 9.74. The maximum absolute atomic E-state index is 13.2. The van der Waals surface area contributed by atoms with Gasteiger partial charge in [0.15, 0.2) is 0 Å². The molecule has 0 spiro atoms. The van der Waals surface area contributed by atoms with Gasteiger partial charge in [0, 0.05) is 43.8 Å². The van der Waals surface area contributed by atoms with E-state index in [0.29, 0.717) is 54.0 Å². The number of fused-ring (bicyclic) bond motifs is 2. The molecular formula is C21H21BrN8O2. The van der Waals surface area contributed by atoms with Gasteiger partial charge >= 0.3 is 0 Å². The van der Waals surface area contributed by atoms with E-state index in [2.05, 4.69) is 53.2 Å². The van der Waals surface area contributed by atoms with Gasteiger partial charge < -0.3 is 4.52 Å². The first-order valence-electron chi connectivity index (χ1n) is 10.6. The molecule has 0 N–H and O–H groups in total. The number of rotatable bonds is 8. The second kappa shape index (κ2) is 8.73. The molecule has 0 bridgehead atoms. The molecule has 0 radical (unpaired) electrons. The highest BCUT2D eigenvalue weighted by Crippen LogP contribution is 2.28. The van der Waals surface area contributed by atoms with Gasteiger partial charge in [-0.15, -0.1) is 10.2 Å². The molecule has 0 saturated carbocycles. The minimum atomic E-state index is -0.124. The van der Waals surface area contributed by atoms with Crippen LogP contribution in [0.15, 0.2) is 38.8 Å². The number of aliphatic imine (C=N–C) groups is 1. The molecule has 0 aromatic carbocycles. The minimum absolute atomic E-state index is 0.124. The molecule has 10 nitrogen and oxygen atoms in total. The van der Waals surface area contributed by atoms with Gasteiger partial charge in [-0.2, -0.15) is 4.98 Å². The number of unbranched alkanes of at least 4 members (excludes halogenated alkanes) is 2. The van der Waals surface area contributed by atoms with Crippen molar-refractivity contribution in [3.63, 3.8) is 0 Å². The predicted molar refractivity (Wildman–Crippen MR) is 121 cm³/mol. The van der Waals surface area contributed by atoms with Crippen molar-refractivity contribution < 1.29 is 4.52 Å². The Morgan fingerprint density at radius 1 is 1.22 bits per heavy atom. The molecule has 5 heterocycles. The van der Waals surface area contributed by atoms with Crippen LogP contribution < -0.4 is 5.56 Å². The number of nitrogens with zero attached hydrogens (tertiary/aromatic N) is 8. The molecule has 1 aliphatic rings. The first kappa shape index (κ1) is 20.7. The Morgan fingerprint density at radius 2 is 2.12 bits per heavy atom. The summed E-state index contributed by atoms with van der Waals surface area (Å²) >= 11 is 3.45.